The summed E-state index contributed by atoms with van der Waals surface area (Å²) in [5.74, 6) is 0.267. The number of nitrogens with one attached hydrogen (secondary N) is 2. The topological polar surface area (TPSA) is 35.9 Å². The first-order chi connectivity index (χ1) is 7.56. The molecule has 0 aliphatic rings. The zero-order valence-electron chi connectivity index (χ0n) is 11.3. The van der Waals surface area contributed by atoms with Crippen LogP contribution in [-0.2, 0) is 0 Å². The lowest BCUT2D eigenvalue weighted by Gasteiger charge is -2.13. The molecule has 0 fully saturated rings. The number of aryl methyl sites for hydroxylation is 1. The van der Waals surface area contributed by atoms with Crippen molar-refractivity contribution < 1.29 is 0 Å². The molecule has 90 valence electrons. The van der Waals surface area contributed by atoms with Crippen molar-refractivity contribution in [2.24, 2.45) is 5.92 Å². The molecule has 0 amide bonds. The maximum atomic E-state index is 7.99. The van der Waals surface area contributed by atoms with E-state index in [1.807, 2.05) is 40.8 Å². The molecule has 0 aliphatic carbocycles. The first kappa shape index (κ1) is 14.7. The summed E-state index contributed by atoms with van der Waals surface area (Å²) in [6.07, 6.45) is 0. The van der Waals surface area contributed by atoms with E-state index in [4.69, 9.17) is 5.41 Å². The third-order valence-corrected chi connectivity index (χ3v) is 2.31. The van der Waals surface area contributed by atoms with Crippen LogP contribution in [0.3, 0.4) is 0 Å². The standard InChI is InChI=1S/C12H18N2.C2H6/c1-8(2)12(13)10-7-9(3)5-6-11(10)14-4;1-2/h5-8,13-14H,1-4H3;1-2H3. The first-order valence-corrected chi connectivity index (χ1v) is 5.93. The number of rotatable bonds is 3. The van der Waals surface area contributed by atoms with Gasteiger partial charge in [-0.3, -0.25) is 0 Å². The Morgan fingerprint density at radius 3 is 2.25 bits per heavy atom. The number of benzene rings is 1. The second-order valence-electron chi connectivity index (χ2n) is 3.87. The molecular formula is C14H24N2. The van der Waals surface area contributed by atoms with Crippen LogP contribution in [0.5, 0.6) is 0 Å². The molecule has 0 saturated carbocycles. The molecule has 2 nitrogen and oxygen atoms in total. The average Bonchev–Trinajstić information content (AvgIpc) is 2.30. The minimum absolute atomic E-state index is 0.267. The van der Waals surface area contributed by atoms with E-state index < -0.39 is 0 Å². The van der Waals surface area contributed by atoms with Gasteiger partial charge in [-0.25, -0.2) is 0 Å². The Labute approximate surface area is 99.6 Å². The molecule has 0 saturated heterocycles. The Bertz CT molecular complexity index is 341. The van der Waals surface area contributed by atoms with Gasteiger partial charge in [0, 0.05) is 24.0 Å². The third-order valence-electron chi connectivity index (χ3n) is 2.31. The molecule has 0 aromatic heterocycles. The van der Waals surface area contributed by atoms with E-state index in [0.29, 0.717) is 5.71 Å². The van der Waals surface area contributed by atoms with Crippen LogP contribution in [0.25, 0.3) is 0 Å². The van der Waals surface area contributed by atoms with Crippen molar-refractivity contribution in [2.75, 3.05) is 12.4 Å². The summed E-state index contributed by atoms with van der Waals surface area (Å²) in [6, 6.07) is 6.15. The number of anilines is 1. The summed E-state index contributed by atoms with van der Waals surface area (Å²) in [6.45, 7) is 10.1. The van der Waals surface area contributed by atoms with Crippen LogP contribution in [-0.4, -0.2) is 12.8 Å². The van der Waals surface area contributed by atoms with Crippen LogP contribution in [0, 0.1) is 18.3 Å². The minimum atomic E-state index is 0.267. The lowest BCUT2D eigenvalue weighted by atomic mass is 9.97. The van der Waals surface area contributed by atoms with Gasteiger partial charge >= 0.3 is 0 Å². The highest BCUT2D eigenvalue weighted by molar-refractivity contribution is 6.04. The predicted molar refractivity (Wildman–Crippen MR) is 73.7 cm³/mol. The summed E-state index contributed by atoms with van der Waals surface area (Å²) in [7, 11) is 1.89. The van der Waals surface area contributed by atoms with Gasteiger partial charge < -0.3 is 10.7 Å². The summed E-state index contributed by atoms with van der Waals surface area (Å²) in [5, 5.41) is 11.1. The molecule has 0 radical (unpaired) electrons. The van der Waals surface area contributed by atoms with Gasteiger partial charge in [-0.05, 0) is 25.0 Å². The van der Waals surface area contributed by atoms with Crippen molar-refractivity contribution in [3.8, 4) is 0 Å². The smallest absolute Gasteiger partial charge is 0.0432 e. The van der Waals surface area contributed by atoms with E-state index in [-0.39, 0.29) is 5.92 Å². The molecule has 1 aromatic carbocycles. The monoisotopic (exact) mass is 220 g/mol. The van der Waals surface area contributed by atoms with Crippen molar-refractivity contribution in [3.63, 3.8) is 0 Å². The zero-order chi connectivity index (χ0) is 12.7. The highest BCUT2D eigenvalue weighted by Crippen LogP contribution is 2.20. The van der Waals surface area contributed by atoms with Gasteiger partial charge in [0.05, 0.1) is 0 Å². The minimum Gasteiger partial charge on any atom is -0.388 e. The fraction of sp³-hybridized carbons (Fsp3) is 0.500. The summed E-state index contributed by atoms with van der Waals surface area (Å²) in [5.41, 5.74) is 3.94. The Balaban J connectivity index is 0.00000106. The van der Waals surface area contributed by atoms with Gasteiger partial charge in [0.1, 0.15) is 0 Å². The van der Waals surface area contributed by atoms with E-state index in [1.54, 1.807) is 0 Å². The van der Waals surface area contributed by atoms with Crippen LogP contribution in [0.4, 0.5) is 5.69 Å². The molecule has 0 spiro atoms. The SMILES string of the molecule is CC.CNc1ccc(C)cc1C(=N)C(C)C. The largest absolute Gasteiger partial charge is 0.388 e. The quantitative estimate of drug-likeness (QED) is 0.740. The highest BCUT2D eigenvalue weighted by atomic mass is 14.8. The van der Waals surface area contributed by atoms with E-state index in [1.165, 1.54) is 5.56 Å². The second kappa shape index (κ2) is 7.04. The van der Waals surface area contributed by atoms with Crippen molar-refractivity contribution in [1.29, 1.82) is 5.41 Å². The molecular weight excluding hydrogens is 196 g/mol. The molecule has 2 heteroatoms. The Kier molecular flexibility index (Phi) is 6.47. The molecule has 2 N–H and O–H groups in total. The van der Waals surface area contributed by atoms with Crippen molar-refractivity contribution in [1.82, 2.24) is 0 Å². The highest BCUT2D eigenvalue weighted by Gasteiger charge is 2.10. The van der Waals surface area contributed by atoms with E-state index >= 15 is 0 Å². The van der Waals surface area contributed by atoms with E-state index in [0.717, 1.165) is 11.3 Å². The molecule has 16 heavy (non-hydrogen) atoms. The molecule has 0 heterocycles. The van der Waals surface area contributed by atoms with Crippen LogP contribution in [0.2, 0.25) is 0 Å². The van der Waals surface area contributed by atoms with Gasteiger partial charge in [-0.15, -0.1) is 0 Å². The zero-order valence-corrected chi connectivity index (χ0v) is 11.3. The van der Waals surface area contributed by atoms with Gasteiger partial charge in [0.2, 0.25) is 0 Å². The second-order valence-corrected chi connectivity index (χ2v) is 3.87. The van der Waals surface area contributed by atoms with Gasteiger partial charge in [-0.1, -0.05) is 39.3 Å². The van der Waals surface area contributed by atoms with Crippen molar-refractivity contribution >= 4 is 11.4 Å². The fourth-order valence-corrected chi connectivity index (χ4v) is 1.41. The Morgan fingerprint density at radius 2 is 1.81 bits per heavy atom. The summed E-state index contributed by atoms with van der Waals surface area (Å²) >= 11 is 0. The van der Waals surface area contributed by atoms with Gasteiger partial charge in [0.25, 0.3) is 0 Å². The number of hydrogen-bond donors (Lipinski definition) is 2. The lowest BCUT2D eigenvalue weighted by Crippen LogP contribution is -2.10. The average molecular weight is 220 g/mol. The summed E-state index contributed by atoms with van der Waals surface area (Å²) < 4.78 is 0. The lowest BCUT2D eigenvalue weighted by molar-refractivity contribution is 0.877. The van der Waals surface area contributed by atoms with Crippen LogP contribution >= 0.6 is 0 Å². The molecule has 1 aromatic rings. The van der Waals surface area contributed by atoms with Crippen LogP contribution in [0.15, 0.2) is 18.2 Å². The van der Waals surface area contributed by atoms with Crippen molar-refractivity contribution in [2.45, 2.75) is 34.6 Å². The molecule has 1 rings (SSSR count). The number of hydrogen-bond acceptors (Lipinski definition) is 2. The van der Waals surface area contributed by atoms with Crippen LogP contribution in [0.1, 0.15) is 38.8 Å². The van der Waals surface area contributed by atoms with Gasteiger partial charge in [-0.2, -0.15) is 0 Å². The third kappa shape index (κ3) is 3.69. The molecule has 0 atom stereocenters. The van der Waals surface area contributed by atoms with Crippen molar-refractivity contribution in [3.05, 3.63) is 29.3 Å². The fourth-order valence-electron chi connectivity index (χ4n) is 1.41. The van der Waals surface area contributed by atoms with E-state index in [2.05, 4.69) is 24.4 Å². The normalized spacial score (nSPS) is 9.44. The molecule has 0 unspecified atom stereocenters. The maximum absolute atomic E-state index is 7.99. The molecule has 0 aliphatic heterocycles. The summed E-state index contributed by atoms with van der Waals surface area (Å²) in [4.78, 5) is 0. The Hall–Kier alpha value is -1.31. The maximum Gasteiger partial charge on any atom is 0.0432 e. The van der Waals surface area contributed by atoms with E-state index in [9.17, 15) is 0 Å². The molecule has 0 bridgehead atoms. The first-order valence-electron chi connectivity index (χ1n) is 5.93. The predicted octanol–water partition coefficient (Wildman–Crippen LogP) is 4.09. The van der Waals surface area contributed by atoms with Gasteiger partial charge in [0.15, 0.2) is 0 Å². The Morgan fingerprint density at radius 1 is 1.25 bits per heavy atom. The van der Waals surface area contributed by atoms with Crippen LogP contribution < -0.4 is 5.32 Å².